The maximum absolute atomic E-state index is 11.7. The van der Waals surface area contributed by atoms with Crippen LogP contribution < -0.4 is 10.2 Å². The van der Waals surface area contributed by atoms with E-state index in [0.717, 1.165) is 5.69 Å². The lowest BCUT2D eigenvalue weighted by Gasteiger charge is -2.20. The van der Waals surface area contributed by atoms with Crippen molar-refractivity contribution in [3.8, 4) is 0 Å². The standard InChI is InChI=1S/C16H20N4O2/c1-16(2,3)22-15(21)17-13-10-11-14(19-18-13)20(4)12-8-6-5-7-9-12/h5-11H,1-4H3,(H,17,18,21). The lowest BCUT2D eigenvalue weighted by atomic mass is 10.2. The van der Waals surface area contributed by atoms with Gasteiger partial charge in [-0.2, -0.15) is 0 Å². The maximum atomic E-state index is 11.7. The molecular formula is C16H20N4O2. The van der Waals surface area contributed by atoms with E-state index in [0.29, 0.717) is 11.6 Å². The molecule has 0 aliphatic rings. The summed E-state index contributed by atoms with van der Waals surface area (Å²) in [6, 6.07) is 13.3. The first-order valence-corrected chi connectivity index (χ1v) is 6.98. The Morgan fingerprint density at radius 3 is 2.32 bits per heavy atom. The molecule has 2 aromatic rings. The van der Waals surface area contributed by atoms with Crippen LogP contribution in [0.3, 0.4) is 0 Å². The fourth-order valence-corrected chi connectivity index (χ4v) is 1.76. The Hall–Kier alpha value is -2.63. The summed E-state index contributed by atoms with van der Waals surface area (Å²) in [7, 11) is 1.90. The molecule has 2 rings (SSSR count). The highest BCUT2D eigenvalue weighted by atomic mass is 16.6. The van der Waals surface area contributed by atoms with Gasteiger partial charge in [-0.3, -0.25) is 5.32 Å². The topological polar surface area (TPSA) is 67.4 Å². The number of aromatic nitrogens is 2. The second-order valence-electron chi connectivity index (χ2n) is 5.80. The van der Waals surface area contributed by atoms with Crippen molar-refractivity contribution in [2.75, 3.05) is 17.3 Å². The molecule has 22 heavy (non-hydrogen) atoms. The van der Waals surface area contributed by atoms with Gasteiger partial charge in [0.2, 0.25) is 0 Å². The van der Waals surface area contributed by atoms with E-state index in [1.165, 1.54) is 0 Å². The van der Waals surface area contributed by atoms with Crippen molar-refractivity contribution in [2.24, 2.45) is 0 Å². The number of nitrogens with one attached hydrogen (secondary N) is 1. The largest absolute Gasteiger partial charge is 0.444 e. The first-order valence-electron chi connectivity index (χ1n) is 6.98. The summed E-state index contributed by atoms with van der Waals surface area (Å²) in [6.07, 6.45) is -0.550. The summed E-state index contributed by atoms with van der Waals surface area (Å²) in [5, 5.41) is 10.7. The zero-order valence-electron chi connectivity index (χ0n) is 13.2. The highest BCUT2D eigenvalue weighted by Gasteiger charge is 2.16. The molecule has 0 atom stereocenters. The Morgan fingerprint density at radius 1 is 1.09 bits per heavy atom. The average Bonchev–Trinajstić information content (AvgIpc) is 2.46. The van der Waals surface area contributed by atoms with Crippen LogP contribution in [0.5, 0.6) is 0 Å². The third kappa shape index (κ3) is 4.44. The lowest BCUT2D eigenvalue weighted by Crippen LogP contribution is -2.27. The molecule has 6 nitrogen and oxygen atoms in total. The fraction of sp³-hybridized carbons (Fsp3) is 0.312. The van der Waals surface area contributed by atoms with Crippen molar-refractivity contribution in [3.05, 3.63) is 42.5 Å². The molecule has 1 aromatic carbocycles. The number of hydrogen-bond donors (Lipinski definition) is 1. The maximum Gasteiger partial charge on any atom is 0.413 e. The monoisotopic (exact) mass is 300 g/mol. The Bertz CT molecular complexity index is 621. The summed E-state index contributed by atoms with van der Waals surface area (Å²) < 4.78 is 5.16. The van der Waals surface area contributed by atoms with Gasteiger partial charge in [-0.05, 0) is 45.0 Å². The third-order valence-electron chi connectivity index (χ3n) is 2.77. The second-order valence-corrected chi connectivity index (χ2v) is 5.80. The molecule has 0 radical (unpaired) electrons. The summed E-state index contributed by atoms with van der Waals surface area (Å²) in [6.45, 7) is 5.41. The zero-order valence-corrected chi connectivity index (χ0v) is 13.2. The number of benzene rings is 1. The Kier molecular flexibility index (Phi) is 4.60. The van der Waals surface area contributed by atoms with E-state index in [1.807, 2.05) is 42.3 Å². The average molecular weight is 300 g/mol. The lowest BCUT2D eigenvalue weighted by molar-refractivity contribution is 0.0635. The SMILES string of the molecule is CN(c1ccccc1)c1ccc(NC(=O)OC(C)(C)C)nn1. The zero-order chi connectivity index (χ0) is 16.2. The summed E-state index contributed by atoms with van der Waals surface area (Å²) in [4.78, 5) is 13.6. The van der Waals surface area contributed by atoms with Crippen LogP contribution in [0.2, 0.25) is 0 Å². The first-order chi connectivity index (χ1) is 10.3. The number of anilines is 3. The van der Waals surface area contributed by atoms with Gasteiger partial charge in [-0.15, -0.1) is 10.2 Å². The van der Waals surface area contributed by atoms with E-state index in [-0.39, 0.29) is 0 Å². The van der Waals surface area contributed by atoms with Gasteiger partial charge in [0.25, 0.3) is 0 Å². The molecule has 116 valence electrons. The molecule has 0 bridgehead atoms. The Morgan fingerprint density at radius 2 is 1.77 bits per heavy atom. The molecule has 1 N–H and O–H groups in total. The first kappa shape index (κ1) is 15.8. The van der Waals surface area contributed by atoms with Crippen molar-refractivity contribution in [1.82, 2.24) is 10.2 Å². The van der Waals surface area contributed by atoms with Crippen LogP contribution in [0.1, 0.15) is 20.8 Å². The van der Waals surface area contributed by atoms with Crippen LogP contribution in [-0.4, -0.2) is 28.9 Å². The van der Waals surface area contributed by atoms with Crippen LogP contribution in [0, 0.1) is 0 Å². The van der Waals surface area contributed by atoms with Crippen molar-refractivity contribution < 1.29 is 9.53 Å². The Balaban J connectivity index is 2.03. The van der Waals surface area contributed by atoms with Gasteiger partial charge in [-0.25, -0.2) is 4.79 Å². The van der Waals surface area contributed by atoms with E-state index < -0.39 is 11.7 Å². The summed E-state index contributed by atoms with van der Waals surface area (Å²) in [5.41, 5.74) is 0.454. The van der Waals surface area contributed by atoms with Crippen molar-refractivity contribution in [2.45, 2.75) is 26.4 Å². The van der Waals surface area contributed by atoms with Crippen molar-refractivity contribution in [1.29, 1.82) is 0 Å². The minimum absolute atomic E-state index is 0.347. The molecule has 0 unspecified atom stereocenters. The number of rotatable bonds is 3. The predicted molar refractivity (Wildman–Crippen MR) is 86.4 cm³/mol. The van der Waals surface area contributed by atoms with Crippen LogP contribution >= 0.6 is 0 Å². The second kappa shape index (κ2) is 6.43. The summed E-state index contributed by atoms with van der Waals surface area (Å²) in [5.74, 6) is 1.03. The number of para-hydroxylation sites is 1. The van der Waals surface area contributed by atoms with Crippen LogP contribution in [0.25, 0.3) is 0 Å². The number of hydrogen-bond acceptors (Lipinski definition) is 5. The van der Waals surface area contributed by atoms with E-state index >= 15 is 0 Å². The molecule has 0 aliphatic carbocycles. The molecule has 1 amide bonds. The molecule has 6 heteroatoms. The van der Waals surface area contributed by atoms with Crippen LogP contribution in [-0.2, 0) is 4.74 Å². The van der Waals surface area contributed by atoms with Gasteiger partial charge in [0.15, 0.2) is 11.6 Å². The quantitative estimate of drug-likeness (QED) is 0.938. The van der Waals surface area contributed by atoms with E-state index in [1.54, 1.807) is 32.9 Å². The van der Waals surface area contributed by atoms with E-state index in [4.69, 9.17) is 4.74 Å². The molecule has 1 aromatic heterocycles. The van der Waals surface area contributed by atoms with Gasteiger partial charge in [0.1, 0.15) is 5.60 Å². The minimum atomic E-state index is -0.551. The number of ether oxygens (including phenoxy) is 1. The normalized spacial score (nSPS) is 10.9. The third-order valence-corrected chi connectivity index (χ3v) is 2.77. The highest BCUT2D eigenvalue weighted by molar-refractivity contribution is 5.83. The molecule has 0 spiro atoms. The Labute approximate surface area is 130 Å². The number of amides is 1. The molecule has 0 saturated carbocycles. The molecule has 0 fully saturated rings. The molecule has 0 aliphatic heterocycles. The van der Waals surface area contributed by atoms with Gasteiger partial charge in [-0.1, -0.05) is 18.2 Å². The molecule has 0 saturated heterocycles. The number of carbonyl (C=O) groups excluding carboxylic acids is 1. The van der Waals surface area contributed by atoms with Crippen LogP contribution in [0.15, 0.2) is 42.5 Å². The van der Waals surface area contributed by atoms with Crippen molar-refractivity contribution in [3.63, 3.8) is 0 Å². The van der Waals surface area contributed by atoms with E-state index in [2.05, 4.69) is 15.5 Å². The van der Waals surface area contributed by atoms with Gasteiger partial charge < -0.3 is 9.64 Å². The predicted octanol–water partition coefficient (Wildman–Crippen LogP) is 3.59. The number of nitrogens with zero attached hydrogens (tertiary/aromatic N) is 3. The van der Waals surface area contributed by atoms with Gasteiger partial charge >= 0.3 is 6.09 Å². The number of carbonyl (C=O) groups is 1. The minimum Gasteiger partial charge on any atom is -0.444 e. The van der Waals surface area contributed by atoms with E-state index in [9.17, 15) is 4.79 Å². The van der Waals surface area contributed by atoms with Crippen LogP contribution in [0.4, 0.5) is 22.1 Å². The fourth-order valence-electron chi connectivity index (χ4n) is 1.76. The smallest absolute Gasteiger partial charge is 0.413 e. The highest BCUT2D eigenvalue weighted by Crippen LogP contribution is 2.21. The summed E-state index contributed by atoms with van der Waals surface area (Å²) >= 11 is 0. The van der Waals surface area contributed by atoms with Gasteiger partial charge in [0.05, 0.1) is 0 Å². The van der Waals surface area contributed by atoms with Crippen molar-refractivity contribution >= 4 is 23.4 Å². The molecule has 1 heterocycles. The molecular weight excluding hydrogens is 280 g/mol. The van der Waals surface area contributed by atoms with Gasteiger partial charge in [0, 0.05) is 12.7 Å².